The first-order valence-corrected chi connectivity index (χ1v) is 8.47. The maximum Gasteiger partial charge on any atom is 0.145 e. The normalized spacial score (nSPS) is 11.6. The van der Waals surface area contributed by atoms with Gasteiger partial charge in [0.15, 0.2) is 0 Å². The van der Waals surface area contributed by atoms with Crippen LogP contribution in [0.1, 0.15) is 5.56 Å². The van der Waals surface area contributed by atoms with Crippen molar-refractivity contribution in [1.82, 2.24) is 0 Å². The van der Waals surface area contributed by atoms with E-state index in [1.54, 1.807) is 31.5 Å². The van der Waals surface area contributed by atoms with E-state index in [1.807, 2.05) is 36.4 Å². The summed E-state index contributed by atoms with van der Waals surface area (Å²) in [6.45, 7) is 0. The van der Waals surface area contributed by atoms with E-state index in [0.717, 1.165) is 26.4 Å². The number of aliphatic imine (C=N–C) groups is 1. The number of nitrogens with zero attached hydrogens (tertiary/aromatic N) is 1. The molecule has 0 fully saturated rings. The Morgan fingerprint density at radius 3 is 2.72 bits per heavy atom. The van der Waals surface area contributed by atoms with Gasteiger partial charge in [-0.1, -0.05) is 34.1 Å². The standard InChI is InChI=1S/C20H14BrNO3/c1-24-20-9-15-14-4-2-3-5-18(14)25-19(15)10-16(20)22-11-12-8-13(21)6-7-17(12)23/h2-11,23H,1H3. The van der Waals surface area contributed by atoms with Gasteiger partial charge >= 0.3 is 0 Å². The van der Waals surface area contributed by atoms with Crippen LogP contribution in [0.2, 0.25) is 0 Å². The summed E-state index contributed by atoms with van der Waals surface area (Å²) < 4.78 is 12.3. The molecule has 0 spiro atoms. The number of furan rings is 1. The second-order valence-corrected chi connectivity index (χ2v) is 6.50. The highest BCUT2D eigenvalue weighted by Gasteiger charge is 2.11. The molecular formula is C20H14BrNO3. The first kappa shape index (κ1) is 15.7. The Balaban J connectivity index is 1.84. The highest BCUT2D eigenvalue weighted by molar-refractivity contribution is 9.10. The van der Waals surface area contributed by atoms with E-state index in [1.165, 1.54) is 0 Å². The molecule has 1 N–H and O–H groups in total. The maximum atomic E-state index is 9.94. The van der Waals surface area contributed by atoms with E-state index >= 15 is 0 Å². The Hall–Kier alpha value is -2.79. The minimum atomic E-state index is 0.163. The van der Waals surface area contributed by atoms with E-state index < -0.39 is 0 Å². The number of aromatic hydroxyl groups is 1. The molecule has 0 saturated carbocycles. The summed E-state index contributed by atoms with van der Waals surface area (Å²) in [5.41, 5.74) is 2.81. The predicted molar refractivity (Wildman–Crippen MR) is 103 cm³/mol. The third kappa shape index (κ3) is 2.87. The van der Waals surface area contributed by atoms with Gasteiger partial charge in [0.05, 0.1) is 7.11 Å². The van der Waals surface area contributed by atoms with Crippen molar-refractivity contribution >= 4 is 49.8 Å². The minimum absolute atomic E-state index is 0.163. The van der Waals surface area contributed by atoms with Crippen LogP contribution in [0.25, 0.3) is 21.9 Å². The van der Waals surface area contributed by atoms with Crippen molar-refractivity contribution in [1.29, 1.82) is 0 Å². The molecule has 0 saturated heterocycles. The summed E-state index contributed by atoms with van der Waals surface area (Å²) in [6, 6.07) is 16.8. The number of methoxy groups -OCH3 is 1. The van der Waals surface area contributed by atoms with Crippen LogP contribution in [0, 0.1) is 0 Å². The average molecular weight is 396 g/mol. The number of hydrogen-bond donors (Lipinski definition) is 1. The molecule has 0 unspecified atom stereocenters. The Kier molecular flexibility index (Phi) is 3.93. The third-order valence-electron chi connectivity index (χ3n) is 4.01. The van der Waals surface area contributed by atoms with Gasteiger partial charge in [-0.25, -0.2) is 0 Å². The fraction of sp³-hybridized carbons (Fsp3) is 0.0500. The topological polar surface area (TPSA) is 55.0 Å². The number of phenols is 1. The fourth-order valence-corrected chi connectivity index (χ4v) is 3.15. The number of ether oxygens (including phenoxy) is 1. The number of halogens is 1. The van der Waals surface area contributed by atoms with Crippen molar-refractivity contribution < 1.29 is 14.3 Å². The Labute approximate surface area is 152 Å². The lowest BCUT2D eigenvalue weighted by Gasteiger charge is -2.05. The van der Waals surface area contributed by atoms with Crippen molar-refractivity contribution in [3.05, 3.63) is 64.6 Å². The van der Waals surface area contributed by atoms with Gasteiger partial charge in [0.25, 0.3) is 0 Å². The molecule has 0 bridgehead atoms. The molecule has 1 heterocycles. The van der Waals surface area contributed by atoms with Gasteiger partial charge < -0.3 is 14.3 Å². The Bertz CT molecular complexity index is 1110. The zero-order valence-corrected chi connectivity index (χ0v) is 14.9. The molecule has 5 heteroatoms. The van der Waals surface area contributed by atoms with Crippen molar-refractivity contribution in [2.24, 2.45) is 4.99 Å². The van der Waals surface area contributed by atoms with Crippen molar-refractivity contribution in [3.63, 3.8) is 0 Å². The van der Waals surface area contributed by atoms with E-state index in [9.17, 15) is 5.11 Å². The van der Waals surface area contributed by atoms with E-state index in [0.29, 0.717) is 17.0 Å². The zero-order chi connectivity index (χ0) is 17.4. The molecule has 0 aliphatic carbocycles. The van der Waals surface area contributed by atoms with Crippen LogP contribution in [0.3, 0.4) is 0 Å². The molecule has 4 nitrogen and oxygen atoms in total. The molecule has 0 radical (unpaired) electrons. The lowest BCUT2D eigenvalue weighted by molar-refractivity contribution is 0.416. The summed E-state index contributed by atoms with van der Waals surface area (Å²) >= 11 is 3.39. The summed E-state index contributed by atoms with van der Waals surface area (Å²) in [4.78, 5) is 4.48. The smallest absolute Gasteiger partial charge is 0.145 e. The van der Waals surface area contributed by atoms with Gasteiger partial charge in [-0.05, 0) is 30.3 Å². The number of para-hydroxylation sites is 1. The van der Waals surface area contributed by atoms with Crippen LogP contribution < -0.4 is 4.74 Å². The molecule has 4 aromatic rings. The highest BCUT2D eigenvalue weighted by Crippen LogP contribution is 2.37. The summed E-state index contributed by atoms with van der Waals surface area (Å²) in [5, 5.41) is 12.0. The van der Waals surface area contributed by atoms with Crippen molar-refractivity contribution in [3.8, 4) is 11.5 Å². The average Bonchev–Trinajstić information content (AvgIpc) is 2.99. The summed E-state index contributed by atoms with van der Waals surface area (Å²) in [6.07, 6.45) is 1.60. The highest BCUT2D eigenvalue weighted by atomic mass is 79.9. The van der Waals surface area contributed by atoms with E-state index in [4.69, 9.17) is 9.15 Å². The quantitative estimate of drug-likeness (QED) is 0.445. The largest absolute Gasteiger partial charge is 0.507 e. The van der Waals surface area contributed by atoms with Crippen molar-refractivity contribution in [2.75, 3.05) is 7.11 Å². The summed E-state index contributed by atoms with van der Waals surface area (Å²) in [7, 11) is 1.61. The van der Waals surface area contributed by atoms with Crippen LogP contribution in [0.15, 0.2) is 68.5 Å². The van der Waals surface area contributed by atoms with E-state index in [-0.39, 0.29) is 5.75 Å². The molecule has 1 aromatic heterocycles. The SMILES string of the molecule is COc1cc2c(cc1N=Cc1cc(Br)ccc1O)oc1ccccc12. The zero-order valence-electron chi connectivity index (χ0n) is 13.4. The van der Waals surface area contributed by atoms with E-state index in [2.05, 4.69) is 20.9 Å². The van der Waals surface area contributed by atoms with Gasteiger partial charge in [0.2, 0.25) is 0 Å². The molecule has 25 heavy (non-hydrogen) atoms. The lowest BCUT2D eigenvalue weighted by atomic mass is 10.1. The second kappa shape index (κ2) is 6.26. The predicted octanol–water partition coefficient (Wildman–Crippen LogP) is 5.81. The number of phenolic OH excluding ortho intramolecular Hbond substituents is 1. The van der Waals surface area contributed by atoms with Crippen LogP contribution in [-0.4, -0.2) is 18.4 Å². The fourth-order valence-electron chi connectivity index (χ4n) is 2.77. The van der Waals surface area contributed by atoms with Crippen LogP contribution in [0.5, 0.6) is 11.5 Å². The van der Waals surface area contributed by atoms with Gasteiger partial charge in [-0.3, -0.25) is 4.99 Å². The van der Waals surface area contributed by atoms with Crippen LogP contribution in [-0.2, 0) is 0 Å². The summed E-state index contributed by atoms with van der Waals surface area (Å²) in [5.74, 6) is 0.806. The van der Waals surface area contributed by atoms with Gasteiger partial charge in [-0.15, -0.1) is 0 Å². The minimum Gasteiger partial charge on any atom is -0.507 e. The monoisotopic (exact) mass is 395 g/mol. The molecule has 4 rings (SSSR count). The first-order valence-electron chi connectivity index (χ1n) is 7.67. The molecule has 0 aliphatic rings. The van der Waals surface area contributed by atoms with Gasteiger partial charge in [-0.2, -0.15) is 0 Å². The van der Waals surface area contributed by atoms with Crippen LogP contribution in [0.4, 0.5) is 5.69 Å². The maximum absolute atomic E-state index is 9.94. The first-order chi connectivity index (χ1) is 12.2. The molecular weight excluding hydrogens is 382 g/mol. The van der Waals surface area contributed by atoms with Gasteiger partial charge in [0, 0.05) is 33.1 Å². The third-order valence-corrected chi connectivity index (χ3v) is 4.50. The number of hydrogen-bond acceptors (Lipinski definition) is 4. The Morgan fingerprint density at radius 2 is 1.88 bits per heavy atom. The number of fused-ring (bicyclic) bond motifs is 3. The second-order valence-electron chi connectivity index (χ2n) is 5.58. The molecule has 124 valence electrons. The molecule has 0 amide bonds. The van der Waals surface area contributed by atoms with Gasteiger partial charge in [0.1, 0.15) is 28.4 Å². The number of rotatable bonds is 3. The Morgan fingerprint density at radius 1 is 1.04 bits per heavy atom. The van der Waals surface area contributed by atoms with Crippen LogP contribution >= 0.6 is 15.9 Å². The van der Waals surface area contributed by atoms with Crippen molar-refractivity contribution in [2.45, 2.75) is 0 Å². The molecule has 0 aliphatic heterocycles. The molecule has 3 aromatic carbocycles. The number of benzene rings is 3. The molecule has 0 atom stereocenters. The lowest BCUT2D eigenvalue weighted by Crippen LogP contribution is -1.86.